The molecule has 1 saturated carbocycles. The number of benzene rings is 1. The number of pyridine rings is 1. The molecule has 3 rings (SSSR count). The maximum Gasteiger partial charge on any atom is 0.263 e. The molecule has 26 heavy (non-hydrogen) atoms. The fraction of sp³-hybridized carbons (Fsp3) is 0.364. The zero-order valence-electron chi connectivity index (χ0n) is 15.4. The van der Waals surface area contributed by atoms with E-state index in [1.54, 1.807) is 12.4 Å². The Morgan fingerprint density at radius 1 is 1.04 bits per heavy atom. The molecule has 0 unspecified atom stereocenters. The van der Waals surface area contributed by atoms with Crippen molar-refractivity contribution in [2.24, 2.45) is 0 Å². The largest absolute Gasteiger partial charge is 0.478 e. The number of amides is 1. The van der Waals surface area contributed by atoms with Gasteiger partial charge in [0.2, 0.25) is 0 Å². The molecule has 1 aliphatic carbocycles. The number of aromatic nitrogens is 1. The van der Waals surface area contributed by atoms with Gasteiger partial charge in [-0.3, -0.25) is 9.78 Å². The molecule has 4 nitrogen and oxygen atoms in total. The minimum atomic E-state index is -0.892. The van der Waals surface area contributed by atoms with E-state index < -0.39 is 5.60 Å². The van der Waals surface area contributed by atoms with Crippen molar-refractivity contribution in [2.75, 3.05) is 0 Å². The second kappa shape index (κ2) is 8.17. The van der Waals surface area contributed by atoms with Crippen LogP contribution in [0.4, 0.5) is 0 Å². The zero-order chi connectivity index (χ0) is 18.4. The number of rotatable bonds is 6. The molecule has 0 aliphatic heterocycles. The van der Waals surface area contributed by atoms with E-state index >= 15 is 0 Å². The van der Waals surface area contributed by atoms with E-state index in [4.69, 9.17) is 4.74 Å². The van der Waals surface area contributed by atoms with E-state index in [9.17, 15) is 4.79 Å². The summed E-state index contributed by atoms with van der Waals surface area (Å²) < 4.78 is 5.95. The number of carbonyl (C=O) groups is 1. The lowest BCUT2D eigenvalue weighted by Crippen LogP contribution is -2.49. The molecule has 1 N–H and O–H groups in total. The molecule has 1 heterocycles. The summed E-state index contributed by atoms with van der Waals surface area (Å²) in [5.41, 5.74) is 1.28. The SMILES string of the molecule is CC(C)(Oc1ccc(/C=C/c2ccncc2)cc1)C(=O)NC1CCCC1. The van der Waals surface area contributed by atoms with E-state index in [-0.39, 0.29) is 5.91 Å². The smallest absolute Gasteiger partial charge is 0.263 e. The Labute approximate surface area is 155 Å². The summed E-state index contributed by atoms with van der Waals surface area (Å²) in [6.07, 6.45) is 12.2. The van der Waals surface area contributed by atoms with E-state index in [0.717, 1.165) is 24.0 Å². The highest BCUT2D eigenvalue weighted by molar-refractivity contribution is 5.85. The first-order valence-corrected chi connectivity index (χ1v) is 9.21. The van der Waals surface area contributed by atoms with Gasteiger partial charge in [-0.2, -0.15) is 0 Å². The number of carbonyl (C=O) groups excluding carboxylic acids is 1. The molecular weight excluding hydrogens is 324 g/mol. The van der Waals surface area contributed by atoms with Crippen molar-refractivity contribution < 1.29 is 9.53 Å². The maximum atomic E-state index is 12.5. The summed E-state index contributed by atoms with van der Waals surface area (Å²) in [6.45, 7) is 3.63. The van der Waals surface area contributed by atoms with Crippen molar-refractivity contribution in [1.29, 1.82) is 0 Å². The quantitative estimate of drug-likeness (QED) is 0.836. The molecule has 0 spiro atoms. The summed E-state index contributed by atoms with van der Waals surface area (Å²) in [6, 6.07) is 12.0. The van der Waals surface area contributed by atoms with Gasteiger partial charge in [0, 0.05) is 18.4 Å². The van der Waals surface area contributed by atoms with Gasteiger partial charge in [-0.05, 0) is 62.1 Å². The third-order valence-electron chi connectivity index (χ3n) is 4.66. The lowest BCUT2D eigenvalue weighted by molar-refractivity contribution is -0.134. The van der Waals surface area contributed by atoms with E-state index in [0.29, 0.717) is 11.8 Å². The van der Waals surface area contributed by atoms with Crippen LogP contribution in [0.25, 0.3) is 12.2 Å². The fourth-order valence-corrected chi connectivity index (χ4v) is 3.08. The van der Waals surface area contributed by atoms with E-state index in [2.05, 4.69) is 10.3 Å². The number of ether oxygens (including phenoxy) is 1. The molecule has 1 aromatic heterocycles. The number of hydrogen-bond acceptors (Lipinski definition) is 3. The standard InChI is InChI=1S/C22H26N2O2/c1-22(2,21(25)24-19-5-3-4-6-19)26-20-11-9-17(10-12-20)7-8-18-13-15-23-16-14-18/h7-16,19H,3-6H2,1-2H3,(H,24,25)/b8-7+. The predicted molar refractivity (Wildman–Crippen MR) is 105 cm³/mol. The van der Waals surface area contributed by atoms with Crippen LogP contribution in [0, 0.1) is 0 Å². The summed E-state index contributed by atoms with van der Waals surface area (Å²) in [5, 5.41) is 3.11. The summed E-state index contributed by atoms with van der Waals surface area (Å²) in [7, 11) is 0. The third-order valence-corrected chi connectivity index (χ3v) is 4.66. The van der Waals surface area contributed by atoms with Gasteiger partial charge in [-0.25, -0.2) is 0 Å². The first-order valence-electron chi connectivity index (χ1n) is 9.21. The zero-order valence-corrected chi connectivity index (χ0v) is 15.4. The van der Waals surface area contributed by atoms with E-state index in [1.165, 1.54) is 12.8 Å². The molecule has 2 aromatic rings. The normalized spacial score (nSPS) is 15.3. The van der Waals surface area contributed by atoms with Crippen LogP contribution in [0.2, 0.25) is 0 Å². The average Bonchev–Trinajstić information content (AvgIpc) is 3.15. The minimum absolute atomic E-state index is 0.0499. The molecule has 0 radical (unpaired) electrons. The van der Waals surface area contributed by atoms with Crippen molar-refractivity contribution in [3.8, 4) is 5.75 Å². The average molecular weight is 350 g/mol. The second-order valence-electron chi connectivity index (χ2n) is 7.25. The lowest BCUT2D eigenvalue weighted by atomic mass is 10.1. The van der Waals surface area contributed by atoms with Crippen molar-refractivity contribution >= 4 is 18.1 Å². The third kappa shape index (κ3) is 4.94. The van der Waals surface area contributed by atoms with Crippen LogP contribution in [0.1, 0.15) is 50.7 Å². The Hall–Kier alpha value is -2.62. The molecule has 1 aromatic carbocycles. The highest BCUT2D eigenvalue weighted by Gasteiger charge is 2.32. The molecular formula is C22H26N2O2. The number of hydrogen-bond donors (Lipinski definition) is 1. The molecule has 0 saturated heterocycles. The van der Waals surface area contributed by atoms with Crippen LogP contribution in [-0.2, 0) is 4.79 Å². The molecule has 0 atom stereocenters. The highest BCUT2D eigenvalue weighted by atomic mass is 16.5. The molecule has 1 aliphatic rings. The predicted octanol–water partition coefficient (Wildman–Crippen LogP) is 4.47. The van der Waals surface area contributed by atoms with Gasteiger partial charge in [-0.15, -0.1) is 0 Å². The summed E-state index contributed by atoms with van der Waals surface area (Å²) in [5.74, 6) is 0.642. The van der Waals surface area contributed by atoms with Gasteiger partial charge in [0.15, 0.2) is 5.60 Å². The number of nitrogens with zero attached hydrogens (tertiary/aromatic N) is 1. The molecule has 1 fully saturated rings. The Kier molecular flexibility index (Phi) is 5.71. The fourth-order valence-electron chi connectivity index (χ4n) is 3.08. The van der Waals surface area contributed by atoms with Gasteiger partial charge in [0.05, 0.1) is 0 Å². The van der Waals surface area contributed by atoms with Crippen LogP contribution in [0.15, 0.2) is 48.8 Å². The number of nitrogens with one attached hydrogen (secondary N) is 1. The van der Waals surface area contributed by atoms with Crippen LogP contribution in [-0.4, -0.2) is 22.5 Å². The molecule has 4 heteroatoms. The highest BCUT2D eigenvalue weighted by Crippen LogP contribution is 2.22. The first kappa shape index (κ1) is 18.2. The van der Waals surface area contributed by atoms with Crippen LogP contribution in [0.3, 0.4) is 0 Å². The van der Waals surface area contributed by atoms with Crippen molar-refractivity contribution in [2.45, 2.75) is 51.2 Å². The Morgan fingerprint density at radius 3 is 2.23 bits per heavy atom. The lowest BCUT2D eigenvalue weighted by Gasteiger charge is -2.27. The van der Waals surface area contributed by atoms with Crippen molar-refractivity contribution in [3.05, 3.63) is 59.9 Å². The van der Waals surface area contributed by atoms with Crippen LogP contribution >= 0.6 is 0 Å². The minimum Gasteiger partial charge on any atom is -0.478 e. The maximum absolute atomic E-state index is 12.5. The topological polar surface area (TPSA) is 51.2 Å². The van der Waals surface area contributed by atoms with Gasteiger partial charge in [0.25, 0.3) is 5.91 Å². The summed E-state index contributed by atoms with van der Waals surface area (Å²) in [4.78, 5) is 16.5. The molecule has 1 amide bonds. The van der Waals surface area contributed by atoms with Crippen LogP contribution in [0.5, 0.6) is 5.75 Å². The van der Waals surface area contributed by atoms with Gasteiger partial charge in [0.1, 0.15) is 5.75 Å². The second-order valence-corrected chi connectivity index (χ2v) is 7.25. The Balaban J connectivity index is 1.59. The van der Waals surface area contributed by atoms with Gasteiger partial charge in [-0.1, -0.05) is 37.1 Å². The Morgan fingerprint density at radius 2 is 1.62 bits per heavy atom. The van der Waals surface area contributed by atoms with E-state index in [1.807, 2.05) is 62.4 Å². The molecule has 136 valence electrons. The summed E-state index contributed by atoms with van der Waals surface area (Å²) >= 11 is 0. The van der Waals surface area contributed by atoms with Gasteiger partial charge < -0.3 is 10.1 Å². The Bertz CT molecular complexity index is 745. The first-order chi connectivity index (χ1) is 12.5. The van der Waals surface area contributed by atoms with Crippen molar-refractivity contribution in [3.63, 3.8) is 0 Å². The monoisotopic (exact) mass is 350 g/mol. The van der Waals surface area contributed by atoms with Gasteiger partial charge >= 0.3 is 0 Å². The van der Waals surface area contributed by atoms with Crippen molar-refractivity contribution in [1.82, 2.24) is 10.3 Å². The van der Waals surface area contributed by atoms with Crippen LogP contribution < -0.4 is 10.1 Å². The molecule has 0 bridgehead atoms.